The van der Waals surface area contributed by atoms with Gasteiger partial charge in [0.25, 0.3) is 0 Å². The summed E-state index contributed by atoms with van der Waals surface area (Å²) in [6, 6.07) is 8.37. The van der Waals surface area contributed by atoms with Gasteiger partial charge in [-0.05, 0) is 36.4 Å². The summed E-state index contributed by atoms with van der Waals surface area (Å²) in [5.74, 6) is 0.643. The Labute approximate surface area is 170 Å². The van der Waals surface area contributed by atoms with Crippen LogP contribution in [0.4, 0.5) is 8.78 Å². The van der Waals surface area contributed by atoms with Crippen LogP contribution in [0.3, 0.4) is 0 Å². The molecule has 2 heterocycles. The zero-order valence-electron chi connectivity index (χ0n) is 14.9. The number of hydrogen-bond acceptors (Lipinski definition) is 5. The summed E-state index contributed by atoms with van der Waals surface area (Å²) in [5.41, 5.74) is 1.93. The van der Waals surface area contributed by atoms with E-state index in [1.807, 2.05) is 12.4 Å². The van der Waals surface area contributed by atoms with Gasteiger partial charge in [-0.25, -0.2) is 8.78 Å². The first-order chi connectivity index (χ1) is 13.6. The molecule has 0 bridgehead atoms. The Bertz CT molecular complexity index is 911. The average molecular weight is 417 g/mol. The minimum Gasteiger partial charge on any atom is -0.389 e. The van der Waals surface area contributed by atoms with Crippen LogP contribution in [0.25, 0.3) is 9.81 Å². The normalized spacial score (nSPS) is 16.5. The van der Waals surface area contributed by atoms with Crippen molar-refractivity contribution < 1.29 is 13.6 Å². The van der Waals surface area contributed by atoms with Crippen LogP contribution < -0.4 is 10.6 Å². The Hall–Kier alpha value is -2.25. The average Bonchev–Trinajstić information content (AvgIpc) is 2.74. The number of hydrogen-bond donors (Lipinski definition) is 2. The van der Waals surface area contributed by atoms with Crippen molar-refractivity contribution in [3.63, 3.8) is 0 Å². The van der Waals surface area contributed by atoms with Gasteiger partial charge >= 0.3 is 0 Å². The molecule has 0 unspecified atom stereocenters. The molecular weight excluding hydrogens is 398 g/mol. The van der Waals surface area contributed by atoms with E-state index >= 15 is 0 Å². The number of carbonyl (C=O) groups excluding carboxylic acids is 1. The lowest BCUT2D eigenvalue weighted by Crippen LogP contribution is -2.17. The number of rotatable bonds is 4. The molecule has 28 heavy (non-hydrogen) atoms. The Kier molecular flexibility index (Phi) is 5.73. The van der Waals surface area contributed by atoms with Gasteiger partial charge in [-0.3, -0.25) is 4.79 Å². The minimum atomic E-state index is -0.396. The maximum absolute atomic E-state index is 14.0. The molecular formula is C21H18F2N2OS2. The number of carbonyl (C=O) groups is 1. The van der Waals surface area contributed by atoms with E-state index in [1.165, 1.54) is 36.4 Å². The molecule has 2 aliphatic heterocycles. The molecule has 0 aliphatic carbocycles. The van der Waals surface area contributed by atoms with Crippen LogP contribution in [0.1, 0.15) is 27.0 Å². The molecule has 0 radical (unpaired) electrons. The van der Waals surface area contributed by atoms with Gasteiger partial charge in [0, 0.05) is 69.1 Å². The van der Waals surface area contributed by atoms with Crippen LogP contribution in [0.5, 0.6) is 0 Å². The van der Waals surface area contributed by atoms with E-state index in [-0.39, 0.29) is 5.78 Å². The zero-order valence-corrected chi connectivity index (χ0v) is 16.6. The Balaban J connectivity index is 1.81. The molecule has 2 aromatic rings. The van der Waals surface area contributed by atoms with Crippen LogP contribution in [-0.2, 0) is 0 Å². The first kappa shape index (κ1) is 19.1. The van der Waals surface area contributed by atoms with Gasteiger partial charge in [-0.15, -0.1) is 23.5 Å². The van der Waals surface area contributed by atoms with Crippen LogP contribution in [0.15, 0.2) is 48.8 Å². The van der Waals surface area contributed by atoms with Gasteiger partial charge in [0.15, 0.2) is 5.78 Å². The number of benzene rings is 2. The van der Waals surface area contributed by atoms with E-state index in [0.29, 0.717) is 22.3 Å². The van der Waals surface area contributed by atoms with Gasteiger partial charge in [0.1, 0.15) is 11.6 Å². The summed E-state index contributed by atoms with van der Waals surface area (Å²) in [5, 5.41) is 6.28. The molecule has 0 saturated heterocycles. The summed E-state index contributed by atoms with van der Waals surface area (Å²) < 4.78 is 27.9. The minimum absolute atomic E-state index is 0.246. The van der Waals surface area contributed by atoms with Crippen molar-refractivity contribution in [1.82, 2.24) is 10.6 Å². The molecule has 0 amide bonds. The predicted molar refractivity (Wildman–Crippen MR) is 113 cm³/mol. The van der Waals surface area contributed by atoms with E-state index in [1.54, 1.807) is 23.5 Å². The fraction of sp³-hybridized carbons (Fsp3) is 0.190. The quantitative estimate of drug-likeness (QED) is 0.720. The highest BCUT2D eigenvalue weighted by atomic mass is 32.2. The monoisotopic (exact) mass is 416 g/mol. The molecule has 0 aromatic heterocycles. The van der Waals surface area contributed by atoms with Crippen molar-refractivity contribution in [3.05, 3.63) is 82.7 Å². The maximum atomic E-state index is 14.0. The molecule has 144 valence electrons. The molecule has 0 spiro atoms. The van der Waals surface area contributed by atoms with Crippen molar-refractivity contribution in [2.45, 2.75) is 0 Å². The smallest absolute Gasteiger partial charge is 0.194 e. The maximum Gasteiger partial charge on any atom is 0.194 e. The first-order valence-electron chi connectivity index (χ1n) is 8.91. The molecule has 0 atom stereocenters. The van der Waals surface area contributed by atoms with Crippen molar-refractivity contribution >= 4 is 39.1 Å². The largest absolute Gasteiger partial charge is 0.389 e. The third-order valence-corrected chi connectivity index (χ3v) is 6.57. The summed E-state index contributed by atoms with van der Waals surface area (Å²) in [7, 11) is 0. The third-order valence-electron chi connectivity index (χ3n) is 4.46. The van der Waals surface area contributed by atoms with E-state index in [2.05, 4.69) is 10.6 Å². The summed E-state index contributed by atoms with van der Waals surface area (Å²) >= 11 is 3.16. The predicted octanol–water partition coefficient (Wildman–Crippen LogP) is 4.47. The zero-order chi connectivity index (χ0) is 19.5. The molecule has 4 rings (SSSR count). The molecule has 7 heteroatoms. The number of halogens is 2. The number of nitrogens with one attached hydrogen (secondary N) is 2. The van der Waals surface area contributed by atoms with Crippen LogP contribution in [-0.4, -0.2) is 30.4 Å². The Morgan fingerprint density at radius 2 is 1.25 bits per heavy atom. The van der Waals surface area contributed by atoms with E-state index in [9.17, 15) is 13.6 Å². The Morgan fingerprint density at radius 3 is 1.64 bits per heavy atom. The first-order valence-corrected chi connectivity index (χ1v) is 10.9. The molecule has 0 fully saturated rings. The van der Waals surface area contributed by atoms with Crippen molar-refractivity contribution in [1.29, 1.82) is 0 Å². The lowest BCUT2D eigenvalue weighted by molar-refractivity contribution is 0.103. The lowest BCUT2D eigenvalue weighted by atomic mass is 9.94. The highest BCUT2D eigenvalue weighted by Gasteiger charge is 2.23. The number of ketones is 1. The standard InChI is InChI=1S/C21H18F2N2OS2/c22-13-1-3-15(17(9-13)19-11-24-5-7-27-19)21(26)16-4-2-14(23)10-18(16)20-12-25-6-8-28-20/h1-4,9-12,24-25H,5-8H2. The second-order valence-corrected chi connectivity index (χ2v) is 8.60. The SMILES string of the molecule is O=C(c1ccc(F)cc1C1=CNCCS1)c1ccc(F)cc1C1=CNCCS1. The summed E-state index contributed by atoms with van der Waals surface area (Å²) in [4.78, 5) is 15.1. The molecule has 3 nitrogen and oxygen atoms in total. The van der Waals surface area contributed by atoms with Gasteiger partial charge in [-0.2, -0.15) is 0 Å². The van der Waals surface area contributed by atoms with Crippen LogP contribution >= 0.6 is 23.5 Å². The van der Waals surface area contributed by atoms with E-state index in [4.69, 9.17) is 0 Å². The second kappa shape index (κ2) is 8.41. The van der Waals surface area contributed by atoms with E-state index in [0.717, 1.165) is 34.4 Å². The highest BCUT2D eigenvalue weighted by Crippen LogP contribution is 2.36. The van der Waals surface area contributed by atoms with Gasteiger partial charge in [0.05, 0.1) is 0 Å². The van der Waals surface area contributed by atoms with Crippen LogP contribution in [0.2, 0.25) is 0 Å². The second-order valence-electron chi connectivity index (χ2n) is 6.33. The van der Waals surface area contributed by atoms with Crippen molar-refractivity contribution in [2.75, 3.05) is 24.6 Å². The summed E-state index contributed by atoms with van der Waals surface area (Å²) in [6.45, 7) is 1.65. The van der Waals surface area contributed by atoms with Gasteiger partial charge < -0.3 is 10.6 Å². The van der Waals surface area contributed by atoms with Crippen molar-refractivity contribution in [3.8, 4) is 0 Å². The lowest BCUT2D eigenvalue weighted by Gasteiger charge is -2.19. The fourth-order valence-electron chi connectivity index (χ4n) is 3.15. The van der Waals surface area contributed by atoms with Gasteiger partial charge in [0.2, 0.25) is 0 Å². The Morgan fingerprint density at radius 1 is 0.786 bits per heavy atom. The van der Waals surface area contributed by atoms with Crippen molar-refractivity contribution in [2.24, 2.45) is 0 Å². The van der Waals surface area contributed by atoms with E-state index < -0.39 is 11.6 Å². The summed E-state index contributed by atoms with van der Waals surface area (Å²) in [6.07, 6.45) is 3.63. The molecule has 2 N–H and O–H groups in total. The van der Waals surface area contributed by atoms with Crippen LogP contribution in [0, 0.1) is 11.6 Å². The number of thioether (sulfide) groups is 2. The van der Waals surface area contributed by atoms with Gasteiger partial charge in [-0.1, -0.05) is 0 Å². The highest BCUT2D eigenvalue weighted by molar-refractivity contribution is 8.08. The fourth-order valence-corrected chi connectivity index (χ4v) is 5.01. The topological polar surface area (TPSA) is 41.1 Å². The molecule has 2 aromatic carbocycles. The third kappa shape index (κ3) is 3.95. The molecule has 0 saturated carbocycles. The molecule has 2 aliphatic rings.